The topological polar surface area (TPSA) is 53.6 Å². The first-order valence-electron chi connectivity index (χ1n) is 6.43. The van der Waals surface area contributed by atoms with Crippen LogP contribution in [0.25, 0.3) is 0 Å². The van der Waals surface area contributed by atoms with Gasteiger partial charge in [-0.25, -0.2) is 0 Å². The Bertz CT molecular complexity index is 185. The monoisotopic (exact) mass is 356 g/mol. The molecule has 0 rings (SSSR count). The fourth-order valence-corrected chi connectivity index (χ4v) is 1.33. The van der Waals surface area contributed by atoms with Gasteiger partial charge >= 0.3 is 0 Å². The number of rotatable bonds is 9. The number of nitrogens with zero attached hydrogens (tertiary/aromatic N) is 2. The van der Waals surface area contributed by atoms with E-state index >= 15 is 0 Å². The average Bonchev–Trinajstić information content (AvgIpc) is 2.28. The van der Waals surface area contributed by atoms with Crippen molar-refractivity contribution in [1.82, 2.24) is 10.2 Å². The number of nitrogens with two attached hydrogens (primary N) is 1. The summed E-state index contributed by atoms with van der Waals surface area (Å²) in [6, 6.07) is 0. The van der Waals surface area contributed by atoms with E-state index in [0.29, 0.717) is 5.96 Å². The van der Waals surface area contributed by atoms with Crippen molar-refractivity contribution in [3.63, 3.8) is 0 Å². The SMILES string of the molecule is CCCCCCN=C(N)NCCN(C)CC.I. The van der Waals surface area contributed by atoms with Gasteiger partial charge in [-0.3, -0.25) is 4.99 Å². The molecule has 4 nitrogen and oxygen atoms in total. The first-order valence-corrected chi connectivity index (χ1v) is 6.43. The summed E-state index contributed by atoms with van der Waals surface area (Å²) in [6.07, 6.45) is 4.96. The van der Waals surface area contributed by atoms with Gasteiger partial charge in [-0.2, -0.15) is 0 Å². The Kier molecular flexibility index (Phi) is 15.9. The van der Waals surface area contributed by atoms with Crippen molar-refractivity contribution in [2.45, 2.75) is 39.5 Å². The lowest BCUT2D eigenvalue weighted by Gasteiger charge is -2.14. The van der Waals surface area contributed by atoms with Gasteiger partial charge in [-0.15, -0.1) is 24.0 Å². The van der Waals surface area contributed by atoms with E-state index in [4.69, 9.17) is 5.73 Å². The Morgan fingerprint density at radius 1 is 1.24 bits per heavy atom. The number of nitrogens with one attached hydrogen (secondary N) is 1. The third-order valence-corrected chi connectivity index (χ3v) is 2.63. The fourth-order valence-electron chi connectivity index (χ4n) is 1.33. The molecule has 0 fully saturated rings. The molecule has 104 valence electrons. The number of aliphatic imine (C=N–C) groups is 1. The summed E-state index contributed by atoms with van der Waals surface area (Å²) < 4.78 is 0. The predicted molar refractivity (Wildman–Crippen MR) is 87.2 cm³/mol. The van der Waals surface area contributed by atoms with E-state index in [1.54, 1.807) is 0 Å². The lowest BCUT2D eigenvalue weighted by Crippen LogP contribution is -2.37. The van der Waals surface area contributed by atoms with Crippen molar-refractivity contribution in [3.8, 4) is 0 Å². The zero-order valence-corrected chi connectivity index (χ0v) is 13.9. The molecule has 0 spiro atoms. The van der Waals surface area contributed by atoms with Crippen LogP contribution in [-0.4, -0.2) is 44.1 Å². The van der Waals surface area contributed by atoms with E-state index in [9.17, 15) is 0 Å². The standard InChI is InChI=1S/C12H28N4.HI/c1-4-6-7-8-9-14-12(13)15-10-11-16(3)5-2;/h4-11H2,1-3H3,(H3,13,14,15);1H. The molecule has 0 amide bonds. The van der Waals surface area contributed by atoms with Crippen LogP contribution in [0, 0.1) is 0 Å². The molecular weight excluding hydrogens is 327 g/mol. The van der Waals surface area contributed by atoms with Gasteiger partial charge in [0.15, 0.2) is 5.96 Å². The normalized spacial score (nSPS) is 11.4. The van der Waals surface area contributed by atoms with Crippen molar-refractivity contribution in [3.05, 3.63) is 0 Å². The molecule has 0 aliphatic carbocycles. The highest BCUT2D eigenvalue weighted by Gasteiger charge is 1.94. The minimum atomic E-state index is 0. The molecule has 0 atom stereocenters. The molecule has 0 aliphatic rings. The van der Waals surface area contributed by atoms with Crippen molar-refractivity contribution in [2.24, 2.45) is 10.7 Å². The molecule has 0 heterocycles. The van der Waals surface area contributed by atoms with Gasteiger partial charge in [-0.1, -0.05) is 33.1 Å². The molecule has 17 heavy (non-hydrogen) atoms. The van der Waals surface area contributed by atoms with Crippen LogP contribution >= 0.6 is 24.0 Å². The second-order valence-corrected chi connectivity index (χ2v) is 4.15. The largest absolute Gasteiger partial charge is 0.370 e. The van der Waals surface area contributed by atoms with Crippen LogP contribution in [0.1, 0.15) is 39.5 Å². The first-order chi connectivity index (χ1) is 7.70. The number of halogens is 1. The molecule has 0 unspecified atom stereocenters. The summed E-state index contributed by atoms with van der Waals surface area (Å²) in [5, 5.41) is 3.12. The van der Waals surface area contributed by atoms with Crippen molar-refractivity contribution in [1.29, 1.82) is 0 Å². The van der Waals surface area contributed by atoms with Gasteiger partial charge in [0.05, 0.1) is 0 Å². The highest BCUT2D eigenvalue weighted by Crippen LogP contribution is 1.98. The minimum absolute atomic E-state index is 0. The lowest BCUT2D eigenvalue weighted by molar-refractivity contribution is 0.357. The van der Waals surface area contributed by atoms with Crippen LogP contribution in [-0.2, 0) is 0 Å². The second-order valence-electron chi connectivity index (χ2n) is 4.15. The van der Waals surface area contributed by atoms with Crippen LogP contribution in [0.2, 0.25) is 0 Å². The minimum Gasteiger partial charge on any atom is -0.370 e. The Hall–Kier alpha value is -0.0400. The number of unbranched alkanes of at least 4 members (excludes halogenated alkanes) is 3. The van der Waals surface area contributed by atoms with Crippen LogP contribution < -0.4 is 11.1 Å². The quantitative estimate of drug-likeness (QED) is 0.288. The number of hydrogen-bond acceptors (Lipinski definition) is 2. The molecular formula is C12H29IN4. The maximum Gasteiger partial charge on any atom is 0.188 e. The van der Waals surface area contributed by atoms with E-state index in [-0.39, 0.29) is 24.0 Å². The van der Waals surface area contributed by atoms with Crippen LogP contribution in [0.15, 0.2) is 4.99 Å². The van der Waals surface area contributed by atoms with Gasteiger partial charge in [0.1, 0.15) is 0 Å². The summed E-state index contributed by atoms with van der Waals surface area (Å²) in [7, 11) is 2.10. The van der Waals surface area contributed by atoms with Crippen LogP contribution in [0.3, 0.4) is 0 Å². The zero-order valence-electron chi connectivity index (χ0n) is 11.5. The van der Waals surface area contributed by atoms with E-state index < -0.39 is 0 Å². The summed E-state index contributed by atoms with van der Waals surface area (Å²) >= 11 is 0. The maximum absolute atomic E-state index is 5.74. The van der Waals surface area contributed by atoms with E-state index in [0.717, 1.165) is 32.6 Å². The molecule has 0 bridgehead atoms. The van der Waals surface area contributed by atoms with Gasteiger partial charge in [-0.05, 0) is 20.0 Å². The molecule has 0 aromatic carbocycles. The van der Waals surface area contributed by atoms with Gasteiger partial charge in [0, 0.05) is 19.6 Å². The highest BCUT2D eigenvalue weighted by atomic mass is 127. The third-order valence-electron chi connectivity index (χ3n) is 2.63. The van der Waals surface area contributed by atoms with Crippen molar-refractivity contribution < 1.29 is 0 Å². The van der Waals surface area contributed by atoms with Gasteiger partial charge in [0.2, 0.25) is 0 Å². The molecule has 0 saturated carbocycles. The van der Waals surface area contributed by atoms with Crippen LogP contribution in [0.4, 0.5) is 0 Å². The zero-order chi connectivity index (χ0) is 12.2. The molecule has 5 heteroatoms. The number of likely N-dealkylation sites (N-methyl/N-ethyl adjacent to an activating group) is 1. The first kappa shape index (κ1) is 19.3. The van der Waals surface area contributed by atoms with E-state index in [2.05, 4.69) is 36.1 Å². The molecule has 3 N–H and O–H groups in total. The summed E-state index contributed by atoms with van der Waals surface area (Å²) in [4.78, 5) is 6.52. The Balaban J connectivity index is 0. The highest BCUT2D eigenvalue weighted by molar-refractivity contribution is 14.0. The third kappa shape index (κ3) is 13.9. The summed E-state index contributed by atoms with van der Waals surface area (Å²) in [6.45, 7) is 8.14. The number of hydrogen-bond donors (Lipinski definition) is 2. The Morgan fingerprint density at radius 2 is 1.94 bits per heavy atom. The van der Waals surface area contributed by atoms with Crippen molar-refractivity contribution >= 4 is 29.9 Å². The van der Waals surface area contributed by atoms with Gasteiger partial charge < -0.3 is 16.0 Å². The van der Waals surface area contributed by atoms with E-state index in [1.165, 1.54) is 19.3 Å². The molecule has 0 aromatic heterocycles. The lowest BCUT2D eigenvalue weighted by atomic mass is 10.2. The van der Waals surface area contributed by atoms with Crippen molar-refractivity contribution in [2.75, 3.05) is 33.2 Å². The Labute approximate surface area is 123 Å². The van der Waals surface area contributed by atoms with Crippen LogP contribution in [0.5, 0.6) is 0 Å². The summed E-state index contributed by atoms with van der Waals surface area (Å²) in [5.41, 5.74) is 5.74. The molecule has 0 aliphatic heterocycles. The van der Waals surface area contributed by atoms with E-state index in [1.807, 2.05) is 0 Å². The molecule has 0 saturated heterocycles. The smallest absolute Gasteiger partial charge is 0.188 e. The molecule has 0 radical (unpaired) electrons. The Morgan fingerprint density at radius 3 is 2.53 bits per heavy atom. The predicted octanol–water partition coefficient (Wildman–Crippen LogP) is 2.04. The maximum atomic E-state index is 5.74. The van der Waals surface area contributed by atoms with Gasteiger partial charge in [0.25, 0.3) is 0 Å². The molecule has 0 aromatic rings. The second kappa shape index (κ2) is 14.0. The average molecular weight is 356 g/mol. The fraction of sp³-hybridized carbons (Fsp3) is 0.917. The summed E-state index contributed by atoms with van der Waals surface area (Å²) in [5.74, 6) is 0.584. The number of guanidine groups is 1.